The number of likely N-dealkylation sites (tertiary alicyclic amines) is 2. The molecule has 2 fully saturated rings. The minimum absolute atomic E-state index is 0. The van der Waals surface area contributed by atoms with Crippen LogP contribution in [0.4, 0.5) is 11.4 Å². The molecular formula is C83H91IN6Ni2O8+2. The third-order valence-corrected chi connectivity index (χ3v) is 17.3. The van der Waals surface area contributed by atoms with Crippen molar-refractivity contribution in [3.8, 4) is 35.5 Å². The number of hydrogen-bond acceptors (Lipinski definition) is 9. The standard InChI is InChI=1S/C34H37N3O3.C28H29N3O3.C11H11I.C10H16O2.2Ni/c1-3-4-5-14-23-34(2,33(39)40)36-31(27-18-10-7-11-19-27)28-20-12-13-21-29(28)35-32(38)30-22-15-24-37(30)25-26-16-8-6-9-17-26;1-20(28(33)34)29-26(22-13-6-3-7-14-22)23-15-8-9-16-24(23)30-27(32)25-17-10-18-31(25)19-21-11-4-2-5-12-21;12-10-6-2-5-9-11-7-3-1-4-8-11;1-4-5-6-7-8-10(2,3)9(11)12;;/h6-13,16-21,30H,5,14-15,22-25H2,1-2H3,(H2,35,36,38,39,40);2-9,11-16,20,25H,10,17-19H2,1H3,(H2,29,30,32,33,34);1,3-4,7-8H,2,6,10H2;6-8H2,1-3H3,(H,11,12);;/q;;;;2*+2/p-2/t30-,34+;20-,25+;;;;/m01..../s1. The van der Waals surface area contributed by atoms with Gasteiger partial charge < -0.3 is 35.5 Å². The summed E-state index contributed by atoms with van der Waals surface area (Å²) in [5.41, 5.74) is 6.31. The first kappa shape index (κ1) is 84.0. The van der Waals surface area contributed by atoms with E-state index in [9.17, 15) is 34.2 Å². The Morgan fingerprint density at radius 1 is 0.530 bits per heavy atom. The second-order valence-corrected chi connectivity index (χ2v) is 25.7. The van der Waals surface area contributed by atoms with Gasteiger partial charge in [-0.15, -0.1) is 35.1 Å². The number of amides is 2. The fourth-order valence-corrected chi connectivity index (χ4v) is 11.4. The molecule has 2 heterocycles. The van der Waals surface area contributed by atoms with Crippen LogP contribution in [0.25, 0.3) is 10.6 Å². The molecule has 9 rings (SSSR count). The Kier molecular flexibility index (Phi) is 38.1. The maximum absolute atomic E-state index is 13.6. The largest absolute Gasteiger partial charge is 2.00 e. The van der Waals surface area contributed by atoms with Crippen LogP contribution in [0.2, 0.25) is 0 Å². The number of para-hydroxylation sites is 2. The Hall–Kier alpha value is -8.45. The quantitative estimate of drug-likeness (QED) is 0.0123. The normalized spacial score (nSPS) is 14.9. The number of alkyl halides is 1. The number of carboxylic acid groups (broad SMARTS) is 3. The van der Waals surface area contributed by atoms with E-state index in [1.807, 2.05) is 164 Å². The third-order valence-electron chi connectivity index (χ3n) is 16.6. The number of benzene rings is 7. The zero-order valence-electron chi connectivity index (χ0n) is 57.9. The monoisotopic (exact) mass is 1540 g/mol. The number of halogens is 1. The van der Waals surface area contributed by atoms with E-state index in [0.717, 1.165) is 74.7 Å². The summed E-state index contributed by atoms with van der Waals surface area (Å²) in [5.74, 6) is 14.7. The zero-order chi connectivity index (χ0) is 70.6. The molecule has 2 aliphatic rings. The van der Waals surface area contributed by atoms with Gasteiger partial charge in [-0.25, -0.2) is 9.59 Å². The van der Waals surface area contributed by atoms with Crippen LogP contribution in [0.15, 0.2) is 210 Å². The van der Waals surface area contributed by atoms with Gasteiger partial charge in [0.05, 0.1) is 40.7 Å². The minimum atomic E-state index is -1.37. The molecular weight excluding hydrogens is 1450 g/mol. The van der Waals surface area contributed by atoms with Crippen LogP contribution in [-0.4, -0.2) is 107 Å². The van der Waals surface area contributed by atoms with Crippen molar-refractivity contribution in [3.63, 3.8) is 0 Å². The number of hydrogen-bond donors (Lipinski definition) is 3. The van der Waals surface area contributed by atoms with Crippen LogP contribution in [0.3, 0.4) is 0 Å². The summed E-state index contributed by atoms with van der Waals surface area (Å²) in [7, 11) is 0. The van der Waals surface area contributed by atoms with E-state index in [-0.39, 0.29) is 56.9 Å². The molecule has 0 unspecified atom stereocenters. The van der Waals surface area contributed by atoms with Crippen molar-refractivity contribution in [1.29, 1.82) is 0 Å². The van der Waals surface area contributed by atoms with E-state index in [1.54, 1.807) is 46.8 Å². The molecule has 0 bridgehead atoms. The fourth-order valence-electron chi connectivity index (χ4n) is 11.0. The second kappa shape index (κ2) is 45.3. The van der Waals surface area contributed by atoms with E-state index >= 15 is 0 Å². The number of nitrogens with zero attached hydrogens (tertiary/aromatic N) is 6. The molecule has 2 saturated heterocycles. The number of carboxylic acids is 3. The molecule has 0 saturated carbocycles. The second-order valence-electron chi connectivity index (χ2n) is 24.6. The first-order chi connectivity index (χ1) is 47.4. The van der Waals surface area contributed by atoms with Gasteiger partial charge in [0.25, 0.3) is 0 Å². The van der Waals surface area contributed by atoms with Crippen molar-refractivity contribution in [2.45, 2.75) is 155 Å². The topological polar surface area (TPSA) is 205 Å². The van der Waals surface area contributed by atoms with Gasteiger partial charge in [-0.2, -0.15) is 0 Å². The SMILES string of the molecule is CC#CCCCC(C)(C)C(=O)O.CC#CCCC[C@@](C)(N=C(c1ccccc1)c1ccccc1[N-]C(=O)[C@@H]1CCCN1Cc1ccccc1)C(=O)O.C[C@@H](N=C(c1ccccc1)c1ccccc1[N-]C(=O)[C@@H]1CCCN1Cc1ccccc1)C(=O)O.ICCCC#Cc1ccccc1.[Ni+2].[Ni+2]. The zero-order valence-corrected chi connectivity index (χ0v) is 62.0. The van der Waals surface area contributed by atoms with E-state index < -0.39 is 34.9 Å². The van der Waals surface area contributed by atoms with Gasteiger partial charge in [-0.05, 0) is 147 Å². The maximum Gasteiger partial charge on any atom is 2.00 e. The van der Waals surface area contributed by atoms with Crippen molar-refractivity contribution in [3.05, 3.63) is 250 Å². The molecule has 3 N–H and O–H groups in total. The number of aliphatic carboxylic acids is 3. The molecule has 2 amide bonds. The number of carbonyl (C=O) groups is 5. The van der Waals surface area contributed by atoms with Crippen LogP contribution in [-0.2, 0) is 70.0 Å². The molecule has 17 heteroatoms. The van der Waals surface area contributed by atoms with E-state index in [2.05, 4.69) is 108 Å². The number of carbonyl (C=O) groups excluding carboxylic acids is 2. The van der Waals surface area contributed by atoms with Crippen LogP contribution < -0.4 is 0 Å². The predicted octanol–water partition coefficient (Wildman–Crippen LogP) is 17.5. The molecule has 0 spiro atoms. The minimum Gasteiger partial charge on any atom is -0.625 e. The van der Waals surface area contributed by atoms with E-state index in [4.69, 9.17) is 10.1 Å². The fraction of sp³-hybridized carbons (Fsp3) is 0.337. The number of aliphatic imine (C=N–C) groups is 2. The smallest absolute Gasteiger partial charge is 0.625 e. The maximum atomic E-state index is 13.6. The Balaban J connectivity index is 0.000000317. The first-order valence-electron chi connectivity index (χ1n) is 33.5. The average molecular weight is 1540 g/mol. The molecule has 2 aliphatic heterocycles. The Bertz CT molecular complexity index is 3940. The Labute approximate surface area is 626 Å². The molecule has 7 aromatic carbocycles. The van der Waals surface area contributed by atoms with Gasteiger partial charge >= 0.3 is 50.9 Å². The summed E-state index contributed by atoms with van der Waals surface area (Å²) in [6, 6.07) is 62.5. The molecule has 14 nitrogen and oxygen atoms in total. The summed E-state index contributed by atoms with van der Waals surface area (Å²) in [5, 5.41) is 37.6. The third kappa shape index (κ3) is 27.9. The van der Waals surface area contributed by atoms with Crippen molar-refractivity contribution in [2.24, 2.45) is 15.4 Å². The van der Waals surface area contributed by atoms with Gasteiger partial charge in [-0.3, -0.25) is 24.6 Å². The summed E-state index contributed by atoms with van der Waals surface area (Å²) in [4.78, 5) is 75.3. The molecule has 0 aromatic heterocycles. The van der Waals surface area contributed by atoms with Gasteiger partial charge in [-0.1, -0.05) is 222 Å². The van der Waals surface area contributed by atoms with Crippen LogP contribution in [0.5, 0.6) is 0 Å². The molecule has 7 aromatic rings. The summed E-state index contributed by atoms with van der Waals surface area (Å²) < 4.78 is 1.20. The Morgan fingerprint density at radius 2 is 0.930 bits per heavy atom. The van der Waals surface area contributed by atoms with Crippen LogP contribution >= 0.6 is 22.6 Å². The van der Waals surface area contributed by atoms with Gasteiger partial charge in [0.1, 0.15) is 6.04 Å². The summed E-state index contributed by atoms with van der Waals surface area (Å²) >= 11 is 2.37. The molecule has 0 radical (unpaired) electrons. The number of unbranched alkanes of at least 4 members (excludes halogenated alkanes) is 3. The van der Waals surface area contributed by atoms with Gasteiger partial charge in [0.15, 0.2) is 5.54 Å². The summed E-state index contributed by atoms with van der Waals surface area (Å²) in [6.45, 7) is 13.3. The van der Waals surface area contributed by atoms with Crippen molar-refractivity contribution in [2.75, 3.05) is 17.5 Å². The van der Waals surface area contributed by atoms with E-state index in [0.29, 0.717) is 72.7 Å². The van der Waals surface area contributed by atoms with Gasteiger partial charge in [0.2, 0.25) is 0 Å². The molecule has 4 atom stereocenters. The van der Waals surface area contributed by atoms with E-state index in [1.165, 1.54) is 28.9 Å². The van der Waals surface area contributed by atoms with Crippen molar-refractivity contribution in [1.82, 2.24) is 9.80 Å². The molecule has 100 heavy (non-hydrogen) atoms. The first-order valence-corrected chi connectivity index (χ1v) is 35.0. The number of rotatable bonds is 25. The Morgan fingerprint density at radius 3 is 1.36 bits per heavy atom. The van der Waals surface area contributed by atoms with Gasteiger partial charge in [0, 0.05) is 53.5 Å². The van der Waals surface area contributed by atoms with Crippen LogP contribution in [0.1, 0.15) is 158 Å². The average Bonchev–Trinajstić information content (AvgIpc) is 1.09. The summed E-state index contributed by atoms with van der Waals surface area (Å²) in [6.07, 6.45) is 9.53. The molecule has 0 aliphatic carbocycles. The predicted molar refractivity (Wildman–Crippen MR) is 403 cm³/mol. The van der Waals surface area contributed by atoms with Crippen molar-refractivity contribution < 1.29 is 72.3 Å². The molecule has 526 valence electrons. The van der Waals surface area contributed by atoms with Crippen molar-refractivity contribution >= 4 is 75.1 Å². The van der Waals surface area contributed by atoms with Crippen LogP contribution in [0, 0.1) is 40.9 Å².